The van der Waals surface area contributed by atoms with Crippen LogP contribution in [0, 0.1) is 12.8 Å². The predicted molar refractivity (Wildman–Crippen MR) is 106 cm³/mol. The lowest BCUT2D eigenvalue weighted by Crippen LogP contribution is -2.42. The van der Waals surface area contributed by atoms with Crippen LogP contribution in [0.25, 0.3) is 6.08 Å². The van der Waals surface area contributed by atoms with Gasteiger partial charge in [-0.3, -0.25) is 0 Å². The maximum absolute atomic E-state index is 11.8. The van der Waals surface area contributed by atoms with Crippen LogP contribution in [-0.2, 0) is 6.42 Å². The van der Waals surface area contributed by atoms with Gasteiger partial charge in [-0.2, -0.15) is 0 Å². The van der Waals surface area contributed by atoms with E-state index in [0.717, 1.165) is 19.4 Å². The Hall–Kier alpha value is -1.90. The van der Waals surface area contributed by atoms with Gasteiger partial charge in [-0.15, -0.1) is 0 Å². The van der Waals surface area contributed by atoms with Crippen LogP contribution >= 0.6 is 0 Å². The molecule has 132 valence electrons. The van der Waals surface area contributed by atoms with Gasteiger partial charge in [-0.1, -0.05) is 60.7 Å². The summed E-state index contributed by atoms with van der Waals surface area (Å²) in [6.07, 6.45) is 4.90. The van der Waals surface area contributed by atoms with Crippen molar-refractivity contribution in [1.82, 2.24) is 4.90 Å². The lowest BCUT2D eigenvalue weighted by molar-refractivity contribution is 0.0256. The second-order valence-corrected chi connectivity index (χ2v) is 7.61. The Labute approximate surface area is 151 Å². The topological polar surface area (TPSA) is 23.5 Å². The Morgan fingerprint density at radius 1 is 1.08 bits per heavy atom. The van der Waals surface area contributed by atoms with Crippen LogP contribution in [0.15, 0.2) is 60.2 Å². The quantitative estimate of drug-likeness (QED) is 0.879. The zero-order valence-electron chi connectivity index (χ0n) is 15.6. The molecule has 2 atom stereocenters. The van der Waals surface area contributed by atoms with E-state index in [0.29, 0.717) is 6.42 Å². The molecule has 1 aliphatic rings. The van der Waals surface area contributed by atoms with Crippen molar-refractivity contribution >= 4 is 6.08 Å². The average Bonchev–Trinajstić information content (AvgIpc) is 2.87. The molecule has 3 rings (SSSR count). The monoisotopic (exact) mass is 335 g/mol. The Morgan fingerprint density at radius 2 is 1.76 bits per heavy atom. The average molecular weight is 335 g/mol. The Morgan fingerprint density at radius 3 is 2.44 bits per heavy atom. The summed E-state index contributed by atoms with van der Waals surface area (Å²) in [5, 5.41) is 11.8. The summed E-state index contributed by atoms with van der Waals surface area (Å²) in [5.41, 5.74) is 4.08. The smallest absolute Gasteiger partial charge is 0.0940 e. The van der Waals surface area contributed by atoms with E-state index in [1.165, 1.54) is 22.3 Å². The maximum Gasteiger partial charge on any atom is 0.0940 e. The fraction of sp³-hybridized carbons (Fsp3) is 0.391. The van der Waals surface area contributed by atoms with Crippen molar-refractivity contribution < 1.29 is 5.11 Å². The molecule has 25 heavy (non-hydrogen) atoms. The van der Waals surface area contributed by atoms with Crippen molar-refractivity contribution in [2.24, 2.45) is 5.92 Å². The lowest BCUT2D eigenvalue weighted by atomic mass is 9.80. The summed E-state index contributed by atoms with van der Waals surface area (Å²) in [6.45, 7) is 3.05. The number of aliphatic hydroxyl groups is 1. The number of benzene rings is 2. The largest absolute Gasteiger partial charge is 0.385 e. The molecule has 0 heterocycles. The summed E-state index contributed by atoms with van der Waals surface area (Å²) < 4.78 is 0. The molecule has 2 nitrogen and oxygen atoms in total. The zero-order valence-corrected chi connectivity index (χ0v) is 15.6. The van der Waals surface area contributed by atoms with Crippen LogP contribution in [0.5, 0.6) is 0 Å². The molecule has 2 unspecified atom stereocenters. The molecule has 1 saturated carbocycles. The summed E-state index contributed by atoms with van der Waals surface area (Å²) >= 11 is 0. The van der Waals surface area contributed by atoms with Gasteiger partial charge in [-0.05, 0) is 56.1 Å². The van der Waals surface area contributed by atoms with Crippen molar-refractivity contribution in [1.29, 1.82) is 0 Å². The highest BCUT2D eigenvalue weighted by molar-refractivity contribution is 5.56. The first-order valence-corrected chi connectivity index (χ1v) is 9.17. The van der Waals surface area contributed by atoms with Crippen LogP contribution in [0.4, 0.5) is 0 Å². The van der Waals surface area contributed by atoms with E-state index in [-0.39, 0.29) is 5.92 Å². The van der Waals surface area contributed by atoms with Gasteiger partial charge in [0.15, 0.2) is 0 Å². The number of rotatable bonds is 5. The number of nitrogens with zero attached hydrogens (tertiary/aromatic N) is 1. The van der Waals surface area contributed by atoms with E-state index in [1.807, 2.05) is 6.07 Å². The van der Waals surface area contributed by atoms with E-state index in [1.54, 1.807) is 0 Å². The third kappa shape index (κ3) is 4.02. The highest BCUT2D eigenvalue weighted by atomic mass is 16.3. The molecule has 2 aromatic rings. The Bertz CT molecular complexity index is 735. The van der Waals surface area contributed by atoms with E-state index in [4.69, 9.17) is 0 Å². The highest BCUT2D eigenvalue weighted by Crippen LogP contribution is 2.44. The molecule has 2 heteroatoms. The minimum atomic E-state index is -0.772. The van der Waals surface area contributed by atoms with Crippen molar-refractivity contribution in [3.8, 4) is 0 Å². The summed E-state index contributed by atoms with van der Waals surface area (Å²) in [4.78, 5) is 2.19. The molecule has 0 aromatic heterocycles. The first kappa shape index (κ1) is 17.9. The molecule has 0 bridgehead atoms. The lowest BCUT2D eigenvalue weighted by Gasteiger charge is -2.34. The van der Waals surface area contributed by atoms with Gasteiger partial charge in [0.1, 0.15) is 0 Å². The fourth-order valence-electron chi connectivity index (χ4n) is 4.03. The molecular formula is C23H29NO. The molecule has 0 radical (unpaired) electrons. The minimum Gasteiger partial charge on any atom is -0.385 e. The first-order chi connectivity index (χ1) is 12.0. The molecule has 0 saturated heterocycles. The van der Waals surface area contributed by atoms with Gasteiger partial charge < -0.3 is 10.0 Å². The number of hydrogen-bond acceptors (Lipinski definition) is 2. The first-order valence-electron chi connectivity index (χ1n) is 9.17. The summed E-state index contributed by atoms with van der Waals surface area (Å²) in [6, 6.07) is 18.8. The van der Waals surface area contributed by atoms with Crippen molar-refractivity contribution in [2.45, 2.75) is 31.8 Å². The number of hydrogen-bond donors (Lipinski definition) is 1. The van der Waals surface area contributed by atoms with Gasteiger partial charge in [-0.25, -0.2) is 0 Å². The number of aryl methyl sites for hydroxylation is 1. The molecule has 1 aliphatic carbocycles. The van der Waals surface area contributed by atoms with Crippen LogP contribution in [0.3, 0.4) is 0 Å². The third-order valence-corrected chi connectivity index (χ3v) is 5.44. The van der Waals surface area contributed by atoms with E-state index < -0.39 is 5.60 Å². The molecule has 1 N–H and O–H groups in total. The molecule has 0 aliphatic heterocycles. The van der Waals surface area contributed by atoms with Crippen LogP contribution in [0.1, 0.15) is 29.5 Å². The third-order valence-electron chi connectivity index (χ3n) is 5.44. The van der Waals surface area contributed by atoms with Crippen LogP contribution in [-0.4, -0.2) is 36.2 Å². The van der Waals surface area contributed by atoms with Crippen LogP contribution < -0.4 is 0 Å². The van der Waals surface area contributed by atoms with Crippen molar-refractivity contribution in [3.05, 3.63) is 76.9 Å². The fourth-order valence-corrected chi connectivity index (χ4v) is 4.03. The normalized spacial score (nSPS) is 25.0. The van der Waals surface area contributed by atoms with Crippen LogP contribution in [0.2, 0.25) is 0 Å². The van der Waals surface area contributed by atoms with Gasteiger partial charge in [0.2, 0.25) is 0 Å². The van der Waals surface area contributed by atoms with Crippen molar-refractivity contribution in [2.75, 3.05) is 20.6 Å². The Kier molecular flexibility index (Phi) is 5.41. The van der Waals surface area contributed by atoms with Gasteiger partial charge in [0, 0.05) is 18.9 Å². The van der Waals surface area contributed by atoms with Gasteiger partial charge in [0.25, 0.3) is 0 Å². The second kappa shape index (κ2) is 7.55. The molecule has 0 spiro atoms. The van der Waals surface area contributed by atoms with E-state index in [2.05, 4.69) is 80.5 Å². The summed E-state index contributed by atoms with van der Waals surface area (Å²) in [5.74, 6) is 0.261. The van der Waals surface area contributed by atoms with E-state index >= 15 is 0 Å². The standard InChI is InChI=1S/C23H29NO/c1-18-9-7-8-12-20(18)16-23(25)21(13-14-22(23)17-24(2)3)15-19-10-5-4-6-11-19/h4-12,15,22,25H,13-14,16-17H2,1-3H3/b21-15-. The minimum absolute atomic E-state index is 0.261. The van der Waals surface area contributed by atoms with Gasteiger partial charge in [0.05, 0.1) is 5.60 Å². The predicted octanol–water partition coefficient (Wildman–Crippen LogP) is 4.32. The Balaban J connectivity index is 1.97. The molecular weight excluding hydrogens is 306 g/mol. The zero-order chi connectivity index (χ0) is 17.9. The maximum atomic E-state index is 11.8. The second-order valence-electron chi connectivity index (χ2n) is 7.61. The summed E-state index contributed by atoms with van der Waals surface area (Å²) in [7, 11) is 4.18. The SMILES string of the molecule is Cc1ccccc1CC1(O)/C(=C\c2ccccc2)CCC1CN(C)C. The van der Waals surface area contributed by atoms with E-state index in [9.17, 15) is 5.11 Å². The molecule has 0 amide bonds. The molecule has 2 aromatic carbocycles. The molecule has 1 fully saturated rings. The van der Waals surface area contributed by atoms with Gasteiger partial charge >= 0.3 is 0 Å². The van der Waals surface area contributed by atoms with Crippen molar-refractivity contribution in [3.63, 3.8) is 0 Å². The highest BCUT2D eigenvalue weighted by Gasteiger charge is 2.45.